The van der Waals surface area contributed by atoms with Crippen molar-refractivity contribution in [3.05, 3.63) is 34.9 Å². The highest BCUT2D eigenvalue weighted by Crippen LogP contribution is 2.32. The van der Waals surface area contributed by atoms with Gasteiger partial charge in [0.2, 0.25) is 0 Å². The molecule has 0 saturated carbocycles. The minimum absolute atomic E-state index is 0.0251. The maximum absolute atomic E-state index is 12.0. The molecule has 1 rings (SSSR count). The normalized spacial score (nSPS) is 13.6. The van der Waals surface area contributed by atoms with Gasteiger partial charge in [-0.15, -0.1) is 0 Å². The standard InChI is InChI=1S/C14H17ClO4/c1-3-14(12(16)17,13(18)19-4-2)9-10-7-5-6-8-11(10)15/h5-8H,3-4,9H2,1-2H3,(H,16,17). The van der Waals surface area contributed by atoms with Crippen LogP contribution in [0.5, 0.6) is 0 Å². The lowest BCUT2D eigenvalue weighted by atomic mass is 9.79. The average molecular weight is 285 g/mol. The van der Waals surface area contributed by atoms with Gasteiger partial charge < -0.3 is 9.84 Å². The Balaban J connectivity index is 3.15. The summed E-state index contributed by atoms with van der Waals surface area (Å²) >= 11 is 6.03. The molecular formula is C14H17ClO4. The van der Waals surface area contributed by atoms with Crippen molar-refractivity contribution in [3.8, 4) is 0 Å². The van der Waals surface area contributed by atoms with E-state index < -0.39 is 17.4 Å². The van der Waals surface area contributed by atoms with E-state index >= 15 is 0 Å². The van der Waals surface area contributed by atoms with Gasteiger partial charge >= 0.3 is 11.9 Å². The van der Waals surface area contributed by atoms with Gasteiger partial charge in [-0.05, 0) is 25.0 Å². The molecule has 0 aliphatic rings. The molecule has 0 aliphatic heterocycles. The van der Waals surface area contributed by atoms with E-state index in [2.05, 4.69) is 0 Å². The first-order chi connectivity index (χ1) is 8.97. The molecule has 0 spiro atoms. The highest BCUT2D eigenvalue weighted by atomic mass is 35.5. The Morgan fingerprint density at radius 2 is 1.95 bits per heavy atom. The third-order valence-electron chi connectivity index (χ3n) is 3.13. The molecule has 0 amide bonds. The number of ether oxygens (including phenoxy) is 1. The summed E-state index contributed by atoms with van der Waals surface area (Å²) in [5, 5.41) is 9.88. The predicted molar refractivity (Wildman–Crippen MR) is 72.1 cm³/mol. The molecule has 0 saturated heterocycles. The molecule has 1 aromatic rings. The molecule has 0 aromatic heterocycles. The van der Waals surface area contributed by atoms with E-state index in [4.69, 9.17) is 16.3 Å². The van der Waals surface area contributed by atoms with Crippen LogP contribution in [0.25, 0.3) is 0 Å². The number of benzene rings is 1. The number of aliphatic carboxylic acids is 1. The lowest BCUT2D eigenvalue weighted by Gasteiger charge is -2.26. The van der Waals surface area contributed by atoms with E-state index in [1.807, 2.05) is 0 Å². The van der Waals surface area contributed by atoms with Gasteiger partial charge in [-0.3, -0.25) is 9.59 Å². The average Bonchev–Trinajstić information content (AvgIpc) is 2.38. The molecule has 19 heavy (non-hydrogen) atoms. The van der Waals surface area contributed by atoms with Crippen molar-refractivity contribution in [2.45, 2.75) is 26.7 Å². The molecule has 1 aromatic carbocycles. The van der Waals surface area contributed by atoms with Crippen molar-refractivity contribution >= 4 is 23.5 Å². The zero-order valence-corrected chi connectivity index (χ0v) is 11.7. The Bertz CT molecular complexity index is 472. The van der Waals surface area contributed by atoms with Crippen LogP contribution >= 0.6 is 11.6 Å². The van der Waals surface area contributed by atoms with E-state index in [1.165, 1.54) is 0 Å². The molecule has 104 valence electrons. The molecule has 0 bridgehead atoms. The second kappa shape index (κ2) is 6.57. The number of halogens is 1. The lowest BCUT2D eigenvalue weighted by molar-refractivity contribution is -0.168. The summed E-state index contributed by atoms with van der Waals surface area (Å²) in [4.78, 5) is 23.5. The number of carbonyl (C=O) groups excluding carboxylic acids is 1. The molecule has 0 heterocycles. The maximum atomic E-state index is 12.0. The summed E-state index contributed by atoms with van der Waals surface area (Å²) in [6, 6.07) is 6.90. The van der Waals surface area contributed by atoms with Crippen LogP contribution in [0.4, 0.5) is 0 Å². The summed E-state index contributed by atoms with van der Waals surface area (Å²) in [6.07, 6.45) is 0.170. The summed E-state index contributed by atoms with van der Waals surface area (Å²) in [5.41, 5.74) is -0.956. The van der Waals surface area contributed by atoms with E-state index in [0.29, 0.717) is 10.6 Å². The van der Waals surface area contributed by atoms with Crippen LogP contribution < -0.4 is 0 Å². The van der Waals surface area contributed by atoms with E-state index in [9.17, 15) is 14.7 Å². The summed E-state index contributed by atoms with van der Waals surface area (Å²) in [6.45, 7) is 3.45. The minimum Gasteiger partial charge on any atom is -0.480 e. The Labute approximate surface area is 117 Å². The van der Waals surface area contributed by atoms with Gasteiger partial charge in [-0.2, -0.15) is 0 Å². The summed E-state index contributed by atoms with van der Waals surface area (Å²) in [7, 11) is 0. The highest BCUT2D eigenvalue weighted by Gasteiger charge is 2.46. The largest absolute Gasteiger partial charge is 0.480 e. The van der Waals surface area contributed by atoms with Crippen LogP contribution in [-0.2, 0) is 20.7 Å². The number of rotatable bonds is 6. The van der Waals surface area contributed by atoms with Gasteiger partial charge in [0, 0.05) is 11.4 Å². The Hall–Kier alpha value is -1.55. The number of esters is 1. The van der Waals surface area contributed by atoms with E-state index in [1.54, 1.807) is 38.1 Å². The van der Waals surface area contributed by atoms with Crippen LogP contribution in [0.15, 0.2) is 24.3 Å². The van der Waals surface area contributed by atoms with E-state index in [-0.39, 0.29) is 19.4 Å². The molecular weight excluding hydrogens is 268 g/mol. The van der Waals surface area contributed by atoms with Crippen LogP contribution in [-0.4, -0.2) is 23.7 Å². The number of carboxylic acid groups (broad SMARTS) is 1. The molecule has 0 radical (unpaired) electrons. The number of carboxylic acids is 1. The van der Waals surface area contributed by atoms with Crippen LogP contribution in [0.1, 0.15) is 25.8 Å². The first-order valence-electron chi connectivity index (χ1n) is 6.12. The fraction of sp³-hybridized carbons (Fsp3) is 0.429. The van der Waals surface area contributed by atoms with Crippen LogP contribution in [0.2, 0.25) is 5.02 Å². The van der Waals surface area contributed by atoms with Gasteiger partial charge in [0.1, 0.15) is 0 Å². The molecule has 1 unspecified atom stereocenters. The third-order valence-corrected chi connectivity index (χ3v) is 3.50. The topological polar surface area (TPSA) is 63.6 Å². The SMILES string of the molecule is CCOC(=O)C(CC)(Cc1ccccc1Cl)C(=O)O. The van der Waals surface area contributed by atoms with Crippen molar-refractivity contribution in [1.29, 1.82) is 0 Å². The zero-order chi connectivity index (χ0) is 14.5. The van der Waals surface area contributed by atoms with E-state index in [0.717, 1.165) is 0 Å². The third kappa shape index (κ3) is 3.26. The first kappa shape index (κ1) is 15.5. The maximum Gasteiger partial charge on any atom is 0.323 e. The fourth-order valence-electron chi connectivity index (χ4n) is 1.89. The summed E-state index contributed by atoms with van der Waals surface area (Å²) < 4.78 is 4.91. The van der Waals surface area contributed by atoms with Gasteiger partial charge in [0.15, 0.2) is 5.41 Å². The van der Waals surface area contributed by atoms with Crippen molar-refractivity contribution < 1.29 is 19.4 Å². The molecule has 0 fully saturated rings. The fourth-order valence-corrected chi connectivity index (χ4v) is 2.09. The Morgan fingerprint density at radius 1 is 1.32 bits per heavy atom. The van der Waals surface area contributed by atoms with Crippen LogP contribution in [0.3, 0.4) is 0 Å². The quantitative estimate of drug-likeness (QED) is 0.644. The van der Waals surface area contributed by atoms with Gasteiger partial charge in [-0.1, -0.05) is 36.7 Å². The van der Waals surface area contributed by atoms with Crippen molar-refractivity contribution in [2.75, 3.05) is 6.61 Å². The molecule has 5 heteroatoms. The smallest absolute Gasteiger partial charge is 0.323 e. The molecule has 1 N–H and O–H groups in total. The predicted octanol–water partition coefficient (Wildman–Crippen LogP) is 2.93. The van der Waals surface area contributed by atoms with Gasteiger partial charge in [0.25, 0.3) is 0 Å². The van der Waals surface area contributed by atoms with Crippen molar-refractivity contribution in [2.24, 2.45) is 5.41 Å². The monoisotopic (exact) mass is 284 g/mol. The number of hydrogen-bond donors (Lipinski definition) is 1. The zero-order valence-electron chi connectivity index (χ0n) is 11.0. The first-order valence-corrected chi connectivity index (χ1v) is 6.49. The van der Waals surface area contributed by atoms with Crippen molar-refractivity contribution in [3.63, 3.8) is 0 Å². The molecule has 0 aliphatic carbocycles. The van der Waals surface area contributed by atoms with Crippen LogP contribution in [0, 0.1) is 5.41 Å². The van der Waals surface area contributed by atoms with Gasteiger partial charge in [0.05, 0.1) is 6.61 Å². The Morgan fingerprint density at radius 3 is 2.42 bits per heavy atom. The second-order valence-corrected chi connectivity index (χ2v) is 4.64. The number of hydrogen-bond acceptors (Lipinski definition) is 3. The highest BCUT2D eigenvalue weighted by molar-refractivity contribution is 6.31. The summed E-state index contributed by atoms with van der Waals surface area (Å²) in [5.74, 6) is -1.90. The lowest BCUT2D eigenvalue weighted by Crippen LogP contribution is -2.42. The Kier molecular flexibility index (Phi) is 5.36. The molecule has 1 atom stereocenters. The second-order valence-electron chi connectivity index (χ2n) is 4.23. The van der Waals surface area contributed by atoms with Gasteiger partial charge in [-0.25, -0.2) is 0 Å². The molecule has 4 nitrogen and oxygen atoms in total. The number of carbonyl (C=O) groups is 2. The van der Waals surface area contributed by atoms with Crippen molar-refractivity contribution in [1.82, 2.24) is 0 Å². The minimum atomic E-state index is -1.58.